The predicted octanol–water partition coefficient (Wildman–Crippen LogP) is 5.83. The number of rotatable bonds is 2. The lowest BCUT2D eigenvalue weighted by Gasteiger charge is -2.09. The van der Waals surface area contributed by atoms with Crippen molar-refractivity contribution in [3.63, 3.8) is 0 Å². The first-order valence-corrected chi connectivity index (χ1v) is 7.71. The number of fused-ring (bicyclic) bond motifs is 1. The highest BCUT2D eigenvalue weighted by Crippen LogP contribution is 2.36. The highest BCUT2D eigenvalue weighted by molar-refractivity contribution is 7.21. The average Bonchev–Trinajstić information content (AvgIpc) is 2.84. The number of nitrogens with one attached hydrogen (secondary N) is 1. The third kappa shape index (κ3) is 3.18. The maximum absolute atomic E-state index is 12.7. The molecule has 0 unspecified atom stereocenters. The second-order valence-electron chi connectivity index (χ2n) is 4.77. The first kappa shape index (κ1) is 15.8. The number of amides is 1. The zero-order chi connectivity index (χ0) is 16.6. The molecule has 0 saturated carbocycles. The van der Waals surface area contributed by atoms with Gasteiger partial charge in [0, 0.05) is 15.8 Å². The van der Waals surface area contributed by atoms with Crippen LogP contribution in [0.2, 0.25) is 5.02 Å². The van der Waals surface area contributed by atoms with Crippen LogP contribution in [0.15, 0.2) is 48.5 Å². The van der Waals surface area contributed by atoms with E-state index < -0.39 is 17.6 Å². The Bertz CT molecular complexity index is 888. The van der Waals surface area contributed by atoms with Crippen molar-refractivity contribution in [3.8, 4) is 0 Å². The number of benzene rings is 2. The minimum atomic E-state index is -4.46. The molecule has 0 radical (unpaired) electrons. The molecule has 0 atom stereocenters. The molecule has 0 saturated heterocycles. The Labute approximate surface area is 138 Å². The Morgan fingerprint density at radius 2 is 1.83 bits per heavy atom. The van der Waals surface area contributed by atoms with Crippen LogP contribution in [0, 0.1) is 0 Å². The van der Waals surface area contributed by atoms with Gasteiger partial charge in [-0.15, -0.1) is 11.3 Å². The quantitative estimate of drug-likeness (QED) is 0.616. The Kier molecular flexibility index (Phi) is 4.04. The van der Waals surface area contributed by atoms with Gasteiger partial charge in [0.05, 0.1) is 10.6 Å². The van der Waals surface area contributed by atoms with E-state index in [0.717, 1.165) is 22.2 Å². The Morgan fingerprint density at radius 1 is 1.09 bits per heavy atom. The third-order valence-corrected chi connectivity index (χ3v) is 4.86. The first-order chi connectivity index (χ1) is 10.9. The van der Waals surface area contributed by atoms with Crippen LogP contribution < -0.4 is 5.32 Å². The fourth-order valence-electron chi connectivity index (χ4n) is 2.12. The van der Waals surface area contributed by atoms with E-state index in [-0.39, 0.29) is 10.6 Å². The fraction of sp³-hybridized carbons (Fsp3) is 0.0625. The molecule has 2 aromatic carbocycles. The van der Waals surface area contributed by atoms with E-state index in [1.165, 1.54) is 23.5 Å². The smallest absolute Gasteiger partial charge is 0.321 e. The number of thiophene rings is 1. The number of hydrogen-bond donors (Lipinski definition) is 1. The summed E-state index contributed by atoms with van der Waals surface area (Å²) < 4.78 is 38.9. The number of carbonyl (C=O) groups excluding carboxylic acids is 1. The van der Waals surface area contributed by atoms with Gasteiger partial charge in [0.1, 0.15) is 4.88 Å². The SMILES string of the molecule is O=C(Nc1cccc(C(F)(F)F)c1)c1sc2ccccc2c1Cl. The molecule has 0 bridgehead atoms. The summed E-state index contributed by atoms with van der Waals surface area (Å²) in [6.45, 7) is 0. The molecule has 0 aliphatic rings. The van der Waals surface area contributed by atoms with E-state index in [2.05, 4.69) is 5.32 Å². The van der Waals surface area contributed by atoms with Crippen molar-refractivity contribution in [1.29, 1.82) is 0 Å². The Balaban J connectivity index is 1.91. The summed E-state index contributed by atoms with van der Waals surface area (Å²) in [5.41, 5.74) is -0.754. The highest BCUT2D eigenvalue weighted by Gasteiger charge is 2.30. The van der Waals surface area contributed by atoms with E-state index in [1.807, 2.05) is 12.1 Å². The standard InChI is InChI=1S/C16H9ClF3NOS/c17-13-11-6-1-2-7-12(11)23-14(13)15(22)21-10-5-3-4-9(8-10)16(18,19)20/h1-8H,(H,21,22). The molecule has 0 fully saturated rings. The van der Waals surface area contributed by atoms with Crippen molar-refractivity contribution < 1.29 is 18.0 Å². The van der Waals surface area contributed by atoms with Crippen LogP contribution in [0.1, 0.15) is 15.2 Å². The topological polar surface area (TPSA) is 29.1 Å². The van der Waals surface area contributed by atoms with Crippen molar-refractivity contribution in [1.82, 2.24) is 0 Å². The maximum atomic E-state index is 12.7. The first-order valence-electron chi connectivity index (χ1n) is 6.52. The number of halogens is 4. The van der Waals surface area contributed by atoms with Gasteiger partial charge in [-0.05, 0) is 24.3 Å². The molecule has 23 heavy (non-hydrogen) atoms. The highest BCUT2D eigenvalue weighted by atomic mass is 35.5. The van der Waals surface area contributed by atoms with Crippen LogP contribution in [0.3, 0.4) is 0 Å². The van der Waals surface area contributed by atoms with Gasteiger partial charge in [-0.2, -0.15) is 13.2 Å². The van der Waals surface area contributed by atoms with Crippen LogP contribution in [0.25, 0.3) is 10.1 Å². The molecule has 3 aromatic rings. The van der Waals surface area contributed by atoms with Gasteiger partial charge < -0.3 is 5.32 Å². The monoisotopic (exact) mass is 355 g/mol. The second kappa shape index (κ2) is 5.86. The molecule has 0 spiro atoms. The fourth-order valence-corrected chi connectivity index (χ4v) is 3.53. The zero-order valence-electron chi connectivity index (χ0n) is 11.4. The van der Waals surface area contributed by atoms with E-state index >= 15 is 0 Å². The summed E-state index contributed by atoms with van der Waals surface area (Å²) in [6.07, 6.45) is -4.46. The number of carbonyl (C=O) groups is 1. The summed E-state index contributed by atoms with van der Waals surface area (Å²) in [4.78, 5) is 12.6. The summed E-state index contributed by atoms with van der Waals surface area (Å²) in [5.74, 6) is -0.532. The van der Waals surface area contributed by atoms with Crippen LogP contribution in [0.4, 0.5) is 18.9 Å². The van der Waals surface area contributed by atoms with E-state index in [9.17, 15) is 18.0 Å². The van der Waals surface area contributed by atoms with Gasteiger partial charge in [-0.1, -0.05) is 35.9 Å². The molecule has 0 aliphatic heterocycles. The molecule has 1 aromatic heterocycles. The second-order valence-corrected chi connectivity index (χ2v) is 6.20. The lowest BCUT2D eigenvalue weighted by Crippen LogP contribution is -2.12. The van der Waals surface area contributed by atoms with Crippen LogP contribution in [-0.2, 0) is 6.18 Å². The predicted molar refractivity (Wildman–Crippen MR) is 86.2 cm³/mol. The molecule has 1 heterocycles. The van der Waals surface area contributed by atoms with Gasteiger partial charge in [-0.3, -0.25) is 4.79 Å². The minimum Gasteiger partial charge on any atom is -0.321 e. The van der Waals surface area contributed by atoms with Gasteiger partial charge in [0.2, 0.25) is 0 Å². The molecule has 118 valence electrons. The Morgan fingerprint density at radius 3 is 2.52 bits per heavy atom. The summed E-state index contributed by atoms with van der Waals surface area (Å²) in [6, 6.07) is 11.7. The van der Waals surface area contributed by atoms with Gasteiger partial charge in [-0.25, -0.2) is 0 Å². The number of hydrogen-bond acceptors (Lipinski definition) is 2. The molecule has 1 N–H and O–H groups in total. The van der Waals surface area contributed by atoms with Crippen molar-refractivity contribution >= 4 is 44.6 Å². The van der Waals surface area contributed by atoms with Gasteiger partial charge in [0.15, 0.2) is 0 Å². The van der Waals surface area contributed by atoms with Gasteiger partial charge in [0.25, 0.3) is 5.91 Å². The third-order valence-electron chi connectivity index (χ3n) is 3.19. The van der Waals surface area contributed by atoms with Crippen LogP contribution in [0.5, 0.6) is 0 Å². The molecular weight excluding hydrogens is 347 g/mol. The molecule has 1 amide bonds. The summed E-state index contributed by atoms with van der Waals surface area (Å²) >= 11 is 7.39. The van der Waals surface area contributed by atoms with E-state index in [0.29, 0.717) is 5.02 Å². The zero-order valence-corrected chi connectivity index (χ0v) is 13.0. The van der Waals surface area contributed by atoms with Crippen LogP contribution in [-0.4, -0.2) is 5.91 Å². The summed E-state index contributed by atoms with van der Waals surface area (Å²) in [5, 5.41) is 3.50. The van der Waals surface area contributed by atoms with Crippen molar-refractivity contribution in [3.05, 3.63) is 64.0 Å². The maximum Gasteiger partial charge on any atom is 0.416 e. The molecule has 2 nitrogen and oxygen atoms in total. The van der Waals surface area contributed by atoms with Crippen LogP contribution >= 0.6 is 22.9 Å². The lowest BCUT2D eigenvalue weighted by atomic mass is 10.2. The van der Waals surface area contributed by atoms with E-state index in [4.69, 9.17) is 11.6 Å². The lowest BCUT2D eigenvalue weighted by molar-refractivity contribution is -0.137. The van der Waals surface area contributed by atoms with Crippen molar-refractivity contribution in [2.45, 2.75) is 6.18 Å². The largest absolute Gasteiger partial charge is 0.416 e. The van der Waals surface area contributed by atoms with E-state index in [1.54, 1.807) is 12.1 Å². The molecule has 0 aliphatic carbocycles. The summed E-state index contributed by atoms with van der Waals surface area (Å²) in [7, 11) is 0. The number of alkyl halides is 3. The minimum absolute atomic E-state index is 0.0679. The molecular formula is C16H9ClF3NOS. The average molecular weight is 356 g/mol. The van der Waals surface area contributed by atoms with Gasteiger partial charge >= 0.3 is 6.18 Å². The van der Waals surface area contributed by atoms with Crippen molar-refractivity contribution in [2.75, 3.05) is 5.32 Å². The normalized spacial score (nSPS) is 11.7. The van der Waals surface area contributed by atoms with Crippen molar-refractivity contribution in [2.24, 2.45) is 0 Å². The Hall–Kier alpha value is -2.05. The molecule has 3 rings (SSSR count). The number of anilines is 1. The molecule has 7 heteroatoms.